The van der Waals surface area contributed by atoms with Crippen LogP contribution in [0.15, 0.2) is 18.2 Å². The molecule has 0 bridgehead atoms. The van der Waals surface area contributed by atoms with Gasteiger partial charge in [0.2, 0.25) is 0 Å². The molecule has 1 aromatic rings. The molecule has 0 amide bonds. The van der Waals surface area contributed by atoms with E-state index in [9.17, 15) is 4.39 Å². The first-order valence-electron chi connectivity index (χ1n) is 8.46. The molecule has 1 saturated carbocycles. The van der Waals surface area contributed by atoms with Crippen molar-refractivity contribution in [3.05, 3.63) is 35.1 Å². The first-order valence-corrected chi connectivity index (χ1v) is 8.46. The zero-order chi connectivity index (χ0) is 14.7. The van der Waals surface area contributed by atoms with Crippen molar-refractivity contribution in [3.8, 4) is 0 Å². The van der Waals surface area contributed by atoms with Gasteiger partial charge in [-0.25, -0.2) is 4.39 Å². The molecule has 1 N–H and O–H groups in total. The van der Waals surface area contributed by atoms with Crippen LogP contribution in [0.25, 0.3) is 0 Å². The fourth-order valence-electron chi connectivity index (χ4n) is 4.13. The normalized spacial score (nSPS) is 21.1. The van der Waals surface area contributed by atoms with Crippen molar-refractivity contribution in [2.45, 2.75) is 45.1 Å². The maximum Gasteiger partial charge on any atom is 0.123 e. The molecule has 1 saturated heterocycles. The van der Waals surface area contributed by atoms with E-state index in [0.717, 1.165) is 37.7 Å². The topological polar surface area (TPSA) is 15.3 Å². The second-order valence-electron chi connectivity index (χ2n) is 6.63. The first-order chi connectivity index (χ1) is 10.3. The summed E-state index contributed by atoms with van der Waals surface area (Å²) in [5, 5.41) is 3.45. The molecule has 23 heavy (non-hydrogen) atoms. The standard InChI is InChI=1S/C18H27FN2.2ClH/c1-14-13-16(19)7-8-17(14)18(15-5-3-2-4-6-15)21-11-9-20-10-12-21;;/h7-8,13,15,18,20H,2-6,9-12H2,1H3;2*1H/t18-;;/m1../s1. The Labute approximate surface area is 152 Å². The summed E-state index contributed by atoms with van der Waals surface area (Å²) in [6.07, 6.45) is 6.74. The summed E-state index contributed by atoms with van der Waals surface area (Å²) in [5.41, 5.74) is 2.47. The van der Waals surface area contributed by atoms with E-state index in [1.807, 2.05) is 6.07 Å². The molecule has 5 heteroatoms. The summed E-state index contributed by atoms with van der Waals surface area (Å²) < 4.78 is 13.5. The van der Waals surface area contributed by atoms with Gasteiger partial charge in [0.05, 0.1) is 0 Å². The molecule has 0 aromatic heterocycles. The maximum atomic E-state index is 13.5. The highest BCUT2D eigenvalue weighted by molar-refractivity contribution is 5.85. The average molecular weight is 363 g/mol. The van der Waals surface area contributed by atoms with Gasteiger partial charge in [-0.2, -0.15) is 0 Å². The second-order valence-corrected chi connectivity index (χ2v) is 6.63. The zero-order valence-electron chi connectivity index (χ0n) is 13.9. The van der Waals surface area contributed by atoms with Crippen LogP contribution in [0.4, 0.5) is 4.39 Å². The first kappa shape index (κ1) is 20.7. The lowest BCUT2D eigenvalue weighted by atomic mass is 9.79. The van der Waals surface area contributed by atoms with E-state index in [2.05, 4.69) is 17.1 Å². The number of rotatable bonds is 3. The number of benzene rings is 1. The molecule has 3 rings (SSSR count). The largest absolute Gasteiger partial charge is 0.314 e. The predicted molar refractivity (Wildman–Crippen MR) is 99.4 cm³/mol. The van der Waals surface area contributed by atoms with Gasteiger partial charge in [-0.3, -0.25) is 4.90 Å². The van der Waals surface area contributed by atoms with E-state index in [-0.39, 0.29) is 30.6 Å². The molecule has 0 spiro atoms. The molecule has 1 aromatic carbocycles. The van der Waals surface area contributed by atoms with E-state index < -0.39 is 0 Å². The maximum absolute atomic E-state index is 13.5. The summed E-state index contributed by atoms with van der Waals surface area (Å²) >= 11 is 0. The molecule has 1 heterocycles. The summed E-state index contributed by atoms with van der Waals surface area (Å²) in [6, 6.07) is 5.85. The lowest BCUT2D eigenvalue weighted by Crippen LogP contribution is -2.47. The Kier molecular flexibility index (Phi) is 8.84. The number of aryl methyl sites for hydroxylation is 1. The van der Waals surface area contributed by atoms with E-state index >= 15 is 0 Å². The SMILES string of the molecule is Cc1cc(F)ccc1[C@@H](C1CCCCC1)N1CCNCC1.Cl.Cl. The third kappa shape index (κ3) is 5.06. The molecule has 2 aliphatic rings. The van der Waals surface area contributed by atoms with Crippen molar-refractivity contribution in [2.24, 2.45) is 5.92 Å². The van der Waals surface area contributed by atoms with Crippen molar-refractivity contribution in [1.82, 2.24) is 10.2 Å². The monoisotopic (exact) mass is 362 g/mol. The fraction of sp³-hybridized carbons (Fsp3) is 0.667. The lowest BCUT2D eigenvalue weighted by Gasteiger charge is -2.41. The lowest BCUT2D eigenvalue weighted by molar-refractivity contribution is 0.103. The Hall–Kier alpha value is -0.350. The number of nitrogens with one attached hydrogen (secondary N) is 1. The van der Waals surface area contributed by atoms with E-state index in [1.54, 1.807) is 12.1 Å². The predicted octanol–water partition coefficient (Wildman–Crippen LogP) is 4.50. The van der Waals surface area contributed by atoms with Gasteiger partial charge < -0.3 is 5.32 Å². The van der Waals surface area contributed by atoms with Gasteiger partial charge in [-0.05, 0) is 48.9 Å². The van der Waals surface area contributed by atoms with Crippen molar-refractivity contribution in [3.63, 3.8) is 0 Å². The molecular formula is C18H29Cl2FN2. The molecule has 0 radical (unpaired) electrons. The highest BCUT2D eigenvalue weighted by Crippen LogP contribution is 2.39. The van der Waals surface area contributed by atoms with Crippen LogP contribution in [0, 0.1) is 18.7 Å². The molecule has 1 aliphatic carbocycles. The second kappa shape index (κ2) is 9.83. The van der Waals surface area contributed by atoms with Crippen LogP contribution in [0.2, 0.25) is 0 Å². The van der Waals surface area contributed by atoms with Gasteiger partial charge in [0.25, 0.3) is 0 Å². The van der Waals surface area contributed by atoms with E-state index in [1.165, 1.54) is 37.7 Å². The van der Waals surface area contributed by atoms with Crippen molar-refractivity contribution >= 4 is 24.8 Å². The van der Waals surface area contributed by atoms with Crippen LogP contribution in [0.1, 0.15) is 49.3 Å². The molecule has 1 atom stereocenters. The Morgan fingerprint density at radius 1 is 1.09 bits per heavy atom. The Morgan fingerprint density at radius 2 is 1.74 bits per heavy atom. The fourth-order valence-corrected chi connectivity index (χ4v) is 4.13. The van der Waals surface area contributed by atoms with E-state index in [0.29, 0.717) is 6.04 Å². The van der Waals surface area contributed by atoms with Crippen molar-refractivity contribution < 1.29 is 4.39 Å². The van der Waals surface area contributed by atoms with E-state index in [4.69, 9.17) is 0 Å². The minimum Gasteiger partial charge on any atom is -0.314 e. The van der Waals surface area contributed by atoms with Crippen molar-refractivity contribution in [1.29, 1.82) is 0 Å². The minimum absolute atomic E-state index is 0. The van der Waals surface area contributed by atoms with Gasteiger partial charge >= 0.3 is 0 Å². The minimum atomic E-state index is -0.112. The number of hydrogen-bond acceptors (Lipinski definition) is 2. The summed E-state index contributed by atoms with van der Waals surface area (Å²) in [4.78, 5) is 2.63. The zero-order valence-corrected chi connectivity index (χ0v) is 15.5. The number of halogens is 3. The van der Waals surface area contributed by atoms with Crippen LogP contribution >= 0.6 is 24.8 Å². The smallest absolute Gasteiger partial charge is 0.123 e. The number of piperazine rings is 1. The van der Waals surface area contributed by atoms with Gasteiger partial charge in [0, 0.05) is 32.2 Å². The third-order valence-electron chi connectivity index (χ3n) is 5.19. The molecular weight excluding hydrogens is 334 g/mol. The Morgan fingerprint density at radius 3 is 2.35 bits per heavy atom. The Bertz CT molecular complexity index is 454. The highest BCUT2D eigenvalue weighted by Gasteiger charge is 2.31. The van der Waals surface area contributed by atoms with Gasteiger partial charge in [-0.15, -0.1) is 24.8 Å². The molecule has 2 nitrogen and oxygen atoms in total. The van der Waals surface area contributed by atoms with Crippen LogP contribution in [-0.2, 0) is 0 Å². The van der Waals surface area contributed by atoms with Crippen LogP contribution in [-0.4, -0.2) is 31.1 Å². The van der Waals surface area contributed by atoms with Gasteiger partial charge in [-0.1, -0.05) is 25.3 Å². The molecule has 0 unspecified atom stereocenters. The molecule has 132 valence electrons. The molecule has 2 fully saturated rings. The van der Waals surface area contributed by atoms with Crippen LogP contribution in [0.5, 0.6) is 0 Å². The van der Waals surface area contributed by atoms with Crippen LogP contribution in [0.3, 0.4) is 0 Å². The summed E-state index contributed by atoms with van der Waals surface area (Å²) in [5.74, 6) is 0.625. The highest BCUT2D eigenvalue weighted by atomic mass is 35.5. The van der Waals surface area contributed by atoms with Gasteiger partial charge in [0.15, 0.2) is 0 Å². The Balaban J connectivity index is 0.00000132. The third-order valence-corrected chi connectivity index (χ3v) is 5.19. The average Bonchev–Trinajstić information content (AvgIpc) is 2.52. The van der Waals surface area contributed by atoms with Crippen molar-refractivity contribution in [2.75, 3.05) is 26.2 Å². The molecule has 1 aliphatic heterocycles. The quantitative estimate of drug-likeness (QED) is 0.850. The van der Waals surface area contributed by atoms with Crippen LogP contribution < -0.4 is 5.32 Å². The number of hydrogen-bond donors (Lipinski definition) is 1. The summed E-state index contributed by atoms with van der Waals surface area (Å²) in [7, 11) is 0. The summed E-state index contributed by atoms with van der Waals surface area (Å²) in [6.45, 7) is 6.43. The number of nitrogens with zero attached hydrogens (tertiary/aromatic N) is 1. The van der Waals surface area contributed by atoms with Gasteiger partial charge in [0.1, 0.15) is 5.82 Å².